The van der Waals surface area contributed by atoms with Crippen LogP contribution in [0.3, 0.4) is 0 Å². The van der Waals surface area contributed by atoms with Crippen molar-refractivity contribution in [2.75, 3.05) is 7.05 Å². The third kappa shape index (κ3) is 4.19. The minimum absolute atomic E-state index is 0.0446. The average molecular weight is 457 g/mol. The fourth-order valence-corrected chi connectivity index (χ4v) is 3.19. The Labute approximate surface area is 180 Å². The van der Waals surface area contributed by atoms with Crippen molar-refractivity contribution < 1.29 is 35.9 Å². The van der Waals surface area contributed by atoms with E-state index < -0.39 is 47.3 Å². The number of furan rings is 1. The predicted octanol–water partition coefficient (Wildman–Crippen LogP) is 4.66. The lowest BCUT2D eigenvalue weighted by Crippen LogP contribution is -2.26. The minimum atomic E-state index is -2.28. The molecule has 0 unspecified atom stereocenters. The second-order valence-corrected chi connectivity index (χ2v) is 7.08. The zero-order chi connectivity index (χ0) is 23.7. The number of ether oxygens (including phenoxy) is 1. The fourth-order valence-electron chi connectivity index (χ4n) is 3.19. The van der Waals surface area contributed by atoms with E-state index in [1.54, 1.807) is 7.05 Å². The molecule has 1 amide bonds. The van der Waals surface area contributed by atoms with Gasteiger partial charge in [-0.05, 0) is 32.9 Å². The SMILES string of the molecule is CCn1nc(C)c(CN(C)C(=O)c2ccc(COc3c(F)c(F)c(F)c(F)c3F)o2)c1C. The predicted molar refractivity (Wildman–Crippen MR) is 102 cm³/mol. The number of nitrogens with zero attached hydrogens (tertiary/aromatic N) is 3. The van der Waals surface area contributed by atoms with E-state index in [-0.39, 0.29) is 18.1 Å². The number of hydrogen-bond acceptors (Lipinski definition) is 4. The van der Waals surface area contributed by atoms with E-state index in [1.807, 2.05) is 25.5 Å². The van der Waals surface area contributed by atoms with Crippen LogP contribution in [-0.4, -0.2) is 27.6 Å². The molecule has 0 aliphatic heterocycles. The molecule has 1 aromatic carbocycles. The van der Waals surface area contributed by atoms with Crippen LogP contribution >= 0.6 is 0 Å². The highest BCUT2D eigenvalue weighted by Crippen LogP contribution is 2.30. The molecule has 172 valence electrons. The first-order valence-corrected chi connectivity index (χ1v) is 9.58. The zero-order valence-electron chi connectivity index (χ0n) is 17.7. The first kappa shape index (κ1) is 23.3. The van der Waals surface area contributed by atoms with Gasteiger partial charge in [0.1, 0.15) is 12.4 Å². The summed E-state index contributed by atoms with van der Waals surface area (Å²) in [5.41, 5.74) is 2.62. The molecule has 0 N–H and O–H groups in total. The lowest BCUT2D eigenvalue weighted by Gasteiger charge is -2.16. The van der Waals surface area contributed by atoms with E-state index in [4.69, 9.17) is 9.15 Å². The Balaban J connectivity index is 1.71. The molecular formula is C21H20F5N3O3. The van der Waals surface area contributed by atoms with E-state index in [0.29, 0.717) is 6.54 Å². The Morgan fingerprint density at radius 1 is 1.06 bits per heavy atom. The Morgan fingerprint density at radius 3 is 2.22 bits per heavy atom. The molecule has 0 saturated heterocycles. The van der Waals surface area contributed by atoms with E-state index in [2.05, 4.69) is 5.10 Å². The monoisotopic (exact) mass is 457 g/mol. The van der Waals surface area contributed by atoms with Crippen LogP contribution < -0.4 is 4.74 Å². The van der Waals surface area contributed by atoms with E-state index >= 15 is 0 Å². The molecule has 0 radical (unpaired) electrons. The summed E-state index contributed by atoms with van der Waals surface area (Å²) in [6.07, 6.45) is 0. The summed E-state index contributed by atoms with van der Waals surface area (Å²) in [4.78, 5) is 14.1. The molecule has 32 heavy (non-hydrogen) atoms. The first-order valence-electron chi connectivity index (χ1n) is 9.58. The molecule has 2 heterocycles. The lowest BCUT2D eigenvalue weighted by molar-refractivity contribution is 0.0748. The smallest absolute Gasteiger partial charge is 0.289 e. The maximum absolute atomic E-state index is 13.7. The van der Waals surface area contributed by atoms with Crippen molar-refractivity contribution in [2.24, 2.45) is 0 Å². The minimum Gasteiger partial charge on any atom is -0.479 e. The number of rotatable bonds is 7. The molecular weight excluding hydrogens is 437 g/mol. The van der Waals surface area contributed by atoms with Gasteiger partial charge in [-0.15, -0.1) is 0 Å². The second kappa shape index (κ2) is 9.01. The average Bonchev–Trinajstić information content (AvgIpc) is 3.35. The van der Waals surface area contributed by atoms with Gasteiger partial charge in [-0.2, -0.15) is 13.9 Å². The summed E-state index contributed by atoms with van der Waals surface area (Å²) in [6.45, 7) is 6.00. The molecule has 0 aliphatic rings. The third-order valence-corrected chi connectivity index (χ3v) is 4.97. The molecule has 0 atom stereocenters. The van der Waals surface area contributed by atoms with Crippen LogP contribution in [0.15, 0.2) is 16.5 Å². The van der Waals surface area contributed by atoms with Crippen LogP contribution in [0.1, 0.15) is 40.2 Å². The van der Waals surface area contributed by atoms with Crippen molar-refractivity contribution in [1.29, 1.82) is 0 Å². The van der Waals surface area contributed by atoms with Crippen LogP contribution in [-0.2, 0) is 19.7 Å². The maximum Gasteiger partial charge on any atom is 0.289 e. The quantitative estimate of drug-likeness (QED) is 0.294. The largest absolute Gasteiger partial charge is 0.479 e. The summed E-state index contributed by atoms with van der Waals surface area (Å²) in [5, 5.41) is 4.40. The number of hydrogen-bond donors (Lipinski definition) is 0. The molecule has 3 aromatic rings. The van der Waals surface area contributed by atoms with Crippen molar-refractivity contribution in [1.82, 2.24) is 14.7 Å². The van der Waals surface area contributed by atoms with Gasteiger partial charge in [0.2, 0.25) is 29.1 Å². The zero-order valence-corrected chi connectivity index (χ0v) is 17.7. The van der Waals surface area contributed by atoms with Crippen LogP contribution in [0.2, 0.25) is 0 Å². The number of amides is 1. The topological polar surface area (TPSA) is 60.5 Å². The lowest BCUT2D eigenvalue weighted by atomic mass is 10.2. The fraction of sp³-hybridized carbons (Fsp3) is 0.333. The standard InChI is InChI=1S/C21H20F5N3O3/c1-5-29-11(3)13(10(2)27-29)8-28(4)21(30)14-7-6-12(32-14)9-31-20-18(25)16(23)15(22)17(24)19(20)26/h6-7H,5,8-9H2,1-4H3. The molecule has 0 bridgehead atoms. The number of aryl methyl sites for hydroxylation is 2. The third-order valence-electron chi connectivity index (χ3n) is 4.97. The number of carbonyl (C=O) groups excluding carboxylic acids is 1. The van der Waals surface area contributed by atoms with Gasteiger partial charge in [0.25, 0.3) is 5.91 Å². The summed E-state index contributed by atoms with van der Waals surface area (Å²) < 4.78 is 78.9. The number of benzene rings is 1. The Morgan fingerprint density at radius 2 is 1.66 bits per heavy atom. The van der Waals surface area contributed by atoms with Crippen LogP contribution in [0, 0.1) is 42.9 Å². The van der Waals surface area contributed by atoms with E-state index in [9.17, 15) is 26.7 Å². The molecule has 0 spiro atoms. The van der Waals surface area contributed by atoms with Crippen molar-refractivity contribution in [3.8, 4) is 5.75 Å². The molecule has 3 rings (SSSR count). The van der Waals surface area contributed by atoms with Crippen LogP contribution in [0.4, 0.5) is 22.0 Å². The van der Waals surface area contributed by atoms with Crippen molar-refractivity contribution in [3.05, 3.63) is 69.7 Å². The molecule has 2 aromatic heterocycles. The van der Waals surface area contributed by atoms with Gasteiger partial charge in [0, 0.05) is 31.4 Å². The van der Waals surface area contributed by atoms with Gasteiger partial charge in [-0.25, -0.2) is 13.2 Å². The van der Waals surface area contributed by atoms with Gasteiger partial charge >= 0.3 is 0 Å². The number of aromatic nitrogens is 2. The van der Waals surface area contributed by atoms with Crippen molar-refractivity contribution in [3.63, 3.8) is 0 Å². The van der Waals surface area contributed by atoms with Crippen LogP contribution in [0.25, 0.3) is 0 Å². The normalized spacial score (nSPS) is 11.2. The summed E-state index contributed by atoms with van der Waals surface area (Å²) in [5.74, 6) is -12.7. The summed E-state index contributed by atoms with van der Waals surface area (Å²) in [7, 11) is 1.57. The molecule has 6 nitrogen and oxygen atoms in total. The Bertz CT molecular complexity index is 1140. The highest BCUT2D eigenvalue weighted by atomic mass is 19.2. The Hall–Kier alpha value is -3.37. The number of halogens is 5. The first-order chi connectivity index (χ1) is 15.1. The van der Waals surface area contributed by atoms with E-state index in [1.165, 1.54) is 17.0 Å². The van der Waals surface area contributed by atoms with Gasteiger partial charge in [-0.3, -0.25) is 9.48 Å². The molecule has 11 heteroatoms. The van der Waals surface area contributed by atoms with E-state index in [0.717, 1.165) is 17.0 Å². The van der Waals surface area contributed by atoms with Gasteiger partial charge in [0.05, 0.1) is 5.69 Å². The summed E-state index contributed by atoms with van der Waals surface area (Å²) in [6, 6.07) is 2.63. The number of carbonyl (C=O) groups is 1. The van der Waals surface area contributed by atoms with Gasteiger partial charge < -0.3 is 14.1 Å². The van der Waals surface area contributed by atoms with Gasteiger partial charge in [0.15, 0.2) is 11.5 Å². The second-order valence-electron chi connectivity index (χ2n) is 7.08. The Kier molecular flexibility index (Phi) is 6.56. The maximum atomic E-state index is 13.7. The summed E-state index contributed by atoms with van der Waals surface area (Å²) >= 11 is 0. The molecule has 0 aliphatic carbocycles. The van der Waals surface area contributed by atoms with Crippen LogP contribution in [0.5, 0.6) is 5.75 Å². The van der Waals surface area contributed by atoms with Gasteiger partial charge in [-0.1, -0.05) is 0 Å². The van der Waals surface area contributed by atoms with Crippen molar-refractivity contribution >= 4 is 5.91 Å². The molecule has 0 saturated carbocycles. The highest BCUT2D eigenvalue weighted by molar-refractivity contribution is 5.91. The van der Waals surface area contributed by atoms with Crippen molar-refractivity contribution in [2.45, 2.75) is 40.5 Å². The molecule has 0 fully saturated rings. The highest BCUT2D eigenvalue weighted by Gasteiger charge is 2.27.